The molecule has 0 radical (unpaired) electrons. The molecular weight excluding hydrogens is 441 g/mol. The van der Waals surface area contributed by atoms with Gasteiger partial charge in [-0.15, -0.1) is 0 Å². The minimum Gasteiger partial charge on any atom is -0.478 e. The van der Waals surface area contributed by atoms with Crippen molar-refractivity contribution < 1.29 is 14.3 Å². The number of benzene rings is 2. The van der Waals surface area contributed by atoms with Crippen molar-refractivity contribution in [3.8, 4) is 0 Å². The third-order valence-electron chi connectivity index (χ3n) is 3.41. The van der Waals surface area contributed by atoms with E-state index < -0.39 is 5.97 Å². The summed E-state index contributed by atoms with van der Waals surface area (Å²) in [6, 6.07) is 11.3. The smallest absolute Gasteiger partial charge is 0.336 e. The van der Waals surface area contributed by atoms with Crippen LogP contribution in [0.2, 0.25) is 0 Å². The molecule has 1 N–H and O–H groups in total. The Morgan fingerprint density at radius 2 is 1.75 bits per heavy atom. The molecule has 0 unspecified atom stereocenters. The Labute approximate surface area is 154 Å². The van der Waals surface area contributed by atoms with Crippen molar-refractivity contribution in [2.75, 3.05) is 0 Å². The highest BCUT2D eigenvalue weighted by molar-refractivity contribution is 9.10. The van der Waals surface area contributed by atoms with Crippen molar-refractivity contribution in [3.63, 3.8) is 0 Å². The van der Waals surface area contributed by atoms with Gasteiger partial charge < -0.3 is 5.11 Å². The SMILES string of the molecule is O=C(O)c1cc(C=Cc2cc(Br)ccc2F)nc2ccc(Br)cc12. The molecule has 0 aliphatic heterocycles. The number of hydrogen-bond donors (Lipinski definition) is 1. The lowest BCUT2D eigenvalue weighted by atomic mass is 10.1. The van der Waals surface area contributed by atoms with Crippen LogP contribution in [0.5, 0.6) is 0 Å². The van der Waals surface area contributed by atoms with Crippen LogP contribution >= 0.6 is 31.9 Å². The zero-order chi connectivity index (χ0) is 17.3. The predicted octanol–water partition coefficient (Wildman–Crippen LogP) is 5.77. The Morgan fingerprint density at radius 1 is 1.04 bits per heavy atom. The van der Waals surface area contributed by atoms with Gasteiger partial charge in [0.25, 0.3) is 0 Å². The van der Waals surface area contributed by atoms with Gasteiger partial charge in [0.15, 0.2) is 0 Å². The van der Waals surface area contributed by atoms with E-state index in [2.05, 4.69) is 36.8 Å². The third-order valence-corrected chi connectivity index (χ3v) is 4.40. The van der Waals surface area contributed by atoms with E-state index in [-0.39, 0.29) is 11.4 Å². The number of aromatic carboxylic acids is 1. The number of carboxylic acids is 1. The molecule has 0 fully saturated rings. The average molecular weight is 451 g/mol. The number of aromatic nitrogens is 1. The molecule has 0 atom stereocenters. The second kappa shape index (κ2) is 6.83. The molecule has 24 heavy (non-hydrogen) atoms. The van der Waals surface area contributed by atoms with Gasteiger partial charge in [-0.3, -0.25) is 0 Å². The maximum atomic E-state index is 13.8. The quantitative estimate of drug-likeness (QED) is 0.551. The van der Waals surface area contributed by atoms with Gasteiger partial charge in [0.2, 0.25) is 0 Å². The number of rotatable bonds is 3. The minimum atomic E-state index is -1.04. The molecule has 0 aliphatic carbocycles. The van der Waals surface area contributed by atoms with E-state index in [9.17, 15) is 14.3 Å². The first-order valence-electron chi connectivity index (χ1n) is 6.91. The summed E-state index contributed by atoms with van der Waals surface area (Å²) < 4.78 is 15.3. The van der Waals surface area contributed by atoms with Crippen LogP contribution in [0.25, 0.3) is 23.1 Å². The summed E-state index contributed by atoms with van der Waals surface area (Å²) >= 11 is 6.62. The van der Waals surface area contributed by atoms with Crippen LogP contribution < -0.4 is 0 Å². The van der Waals surface area contributed by atoms with Crippen molar-refractivity contribution >= 4 is 60.9 Å². The zero-order valence-electron chi connectivity index (χ0n) is 12.1. The second-order valence-electron chi connectivity index (χ2n) is 5.06. The summed E-state index contributed by atoms with van der Waals surface area (Å²) in [5, 5.41) is 9.97. The van der Waals surface area contributed by atoms with Crippen molar-refractivity contribution in [2.45, 2.75) is 0 Å². The lowest BCUT2D eigenvalue weighted by Crippen LogP contribution is -2.00. The van der Waals surface area contributed by atoms with Crippen molar-refractivity contribution in [2.24, 2.45) is 0 Å². The summed E-state index contributed by atoms with van der Waals surface area (Å²) in [7, 11) is 0. The molecule has 0 spiro atoms. The van der Waals surface area contributed by atoms with Crippen LogP contribution in [0.15, 0.2) is 51.4 Å². The number of halogens is 3. The molecule has 3 aromatic rings. The molecule has 120 valence electrons. The minimum absolute atomic E-state index is 0.149. The van der Waals surface area contributed by atoms with E-state index in [1.807, 2.05) is 0 Å². The molecule has 0 bridgehead atoms. The molecule has 0 amide bonds. The first kappa shape index (κ1) is 16.8. The molecule has 3 nitrogen and oxygen atoms in total. The predicted molar refractivity (Wildman–Crippen MR) is 99.4 cm³/mol. The first-order valence-corrected chi connectivity index (χ1v) is 8.49. The number of hydrogen-bond acceptors (Lipinski definition) is 2. The van der Waals surface area contributed by atoms with Gasteiger partial charge in [-0.25, -0.2) is 14.2 Å². The maximum absolute atomic E-state index is 13.8. The molecule has 1 heterocycles. The molecule has 3 rings (SSSR count). The van der Waals surface area contributed by atoms with E-state index in [4.69, 9.17) is 0 Å². The molecular formula is C18H10Br2FNO2. The van der Waals surface area contributed by atoms with Gasteiger partial charge in [-0.2, -0.15) is 0 Å². The Morgan fingerprint density at radius 3 is 2.50 bits per heavy atom. The van der Waals surface area contributed by atoms with Crippen LogP contribution in [0.1, 0.15) is 21.6 Å². The number of carboxylic acid groups (broad SMARTS) is 1. The molecule has 0 saturated heterocycles. The van der Waals surface area contributed by atoms with Gasteiger partial charge in [0.1, 0.15) is 5.82 Å². The van der Waals surface area contributed by atoms with E-state index >= 15 is 0 Å². The monoisotopic (exact) mass is 449 g/mol. The van der Waals surface area contributed by atoms with Gasteiger partial charge >= 0.3 is 5.97 Å². The highest BCUT2D eigenvalue weighted by atomic mass is 79.9. The molecule has 1 aromatic heterocycles. The van der Waals surface area contributed by atoms with Crippen LogP contribution in [-0.4, -0.2) is 16.1 Å². The van der Waals surface area contributed by atoms with Gasteiger partial charge in [0.05, 0.1) is 16.8 Å². The second-order valence-corrected chi connectivity index (χ2v) is 6.89. The van der Waals surface area contributed by atoms with Gasteiger partial charge in [-0.05, 0) is 54.6 Å². The van der Waals surface area contributed by atoms with Crippen molar-refractivity contribution in [3.05, 3.63) is 74.0 Å². The summed E-state index contributed by atoms with van der Waals surface area (Å²) in [5.41, 5.74) is 1.55. The largest absolute Gasteiger partial charge is 0.478 e. The summed E-state index contributed by atoms with van der Waals surface area (Å²) in [6.45, 7) is 0. The van der Waals surface area contributed by atoms with Gasteiger partial charge in [-0.1, -0.05) is 31.9 Å². The first-order chi connectivity index (χ1) is 11.4. The average Bonchev–Trinajstić information content (AvgIpc) is 2.55. The molecule has 6 heteroatoms. The summed E-state index contributed by atoms with van der Waals surface area (Å²) in [4.78, 5) is 15.9. The normalized spacial score (nSPS) is 11.3. The number of nitrogens with zero attached hydrogens (tertiary/aromatic N) is 1. The Bertz CT molecular complexity index is 986. The topological polar surface area (TPSA) is 50.2 Å². The van der Waals surface area contributed by atoms with Gasteiger partial charge in [0, 0.05) is 19.9 Å². The Hall–Kier alpha value is -2.05. The van der Waals surface area contributed by atoms with Crippen molar-refractivity contribution in [1.82, 2.24) is 4.98 Å². The molecule has 2 aromatic carbocycles. The Kier molecular flexibility index (Phi) is 4.78. The van der Waals surface area contributed by atoms with Crippen LogP contribution in [0.3, 0.4) is 0 Å². The standard InChI is InChI=1S/C18H10Br2FNO2/c19-11-2-5-16(21)10(7-11)1-4-13-9-15(18(23)24)14-8-12(20)3-6-17(14)22-13/h1-9H,(H,23,24). The Balaban J connectivity index is 2.10. The zero-order valence-corrected chi connectivity index (χ0v) is 15.3. The fraction of sp³-hybridized carbons (Fsp3) is 0. The van der Waals surface area contributed by atoms with Crippen molar-refractivity contribution in [1.29, 1.82) is 0 Å². The summed E-state index contributed by atoms with van der Waals surface area (Å²) in [6.07, 6.45) is 3.16. The fourth-order valence-corrected chi connectivity index (χ4v) is 3.04. The highest BCUT2D eigenvalue weighted by Gasteiger charge is 2.11. The fourth-order valence-electron chi connectivity index (χ4n) is 2.30. The van der Waals surface area contributed by atoms with E-state index in [1.54, 1.807) is 42.5 Å². The van der Waals surface area contributed by atoms with Crippen LogP contribution in [-0.2, 0) is 0 Å². The molecule has 0 aliphatic rings. The number of pyridine rings is 1. The number of carbonyl (C=O) groups is 1. The van der Waals surface area contributed by atoms with E-state index in [0.29, 0.717) is 22.2 Å². The third kappa shape index (κ3) is 3.55. The highest BCUT2D eigenvalue weighted by Crippen LogP contribution is 2.24. The lowest BCUT2D eigenvalue weighted by Gasteiger charge is -2.05. The lowest BCUT2D eigenvalue weighted by molar-refractivity contribution is 0.0699. The summed E-state index contributed by atoms with van der Waals surface area (Å²) in [5.74, 6) is -1.40. The van der Waals surface area contributed by atoms with E-state index in [0.717, 1.165) is 8.95 Å². The van der Waals surface area contributed by atoms with Crippen LogP contribution in [0.4, 0.5) is 4.39 Å². The van der Waals surface area contributed by atoms with E-state index in [1.165, 1.54) is 12.1 Å². The van der Waals surface area contributed by atoms with Crippen LogP contribution in [0, 0.1) is 5.82 Å². The number of fused-ring (bicyclic) bond motifs is 1. The molecule has 0 saturated carbocycles. The maximum Gasteiger partial charge on any atom is 0.336 e.